The molecule has 0 aliphatic heterocycles. The van der Waals surface area contributed by atoms with Crippen molar-refractivity contribution >= 4 is 23.5 Å². The molecule has 0 radical (unpaired) electrons. The predicted molar refractivity (Wildman–Crippen MR) is 142 cm³/mol. The maximum absolute atomic E-state index is 12.8. The summed E-state index contributed by atoms with van der Waals surface area (Å²) in [6, 6.07) is 30.6. The standard InChI is InChI=1S/C32H26O6/c33-29(23-13-3-1-4-14-23)25-17-7-9-19-27(25)31(35)37-21-11-12-22-38-32(36)28-20-10-8-18-26(28)30(34)24-15-5-2-6-16-24/h1-10,13-20H,11-12,21-22H2. The highest BCUT2D eigenvalue weighted by atomic mass is 16.5. The monoisotopic (exact) mass is 506 g/mol. The molecule has 0 fully saturated rings. The van der Waals surface area contributed by atoms with E-state index in [9.17, 15) is 19.2 Å². The van der Waals surface area contributed by atoms with Gasteiger partial charge in [0.15, 0.2) is 11.6 Å². The summed E-state index contributed by atoms with van der Waals surface area (Å²) in [5.74, 6) is -1.68. The molecule has 4 rings (SSSR count). The van der Waals surface area contributed by atoms with Crippen LogP contribution in [0.4, 0.5) is 0 Å². The second kappa shape index (κ2) is 12.9. The van der Waals surface area contributed by atoms with Crippen molar-refractivity contribution in [2.24, 2.45) is 0 Å². The number of ketones is 2. The molecule has 0 N–H and O–H groups in total. The molecule has 0 atom stereocenters. The van der Waals surface area contributed by atoms with Gasteiger partial charge in [-0.05, 0) is 25.0 Å². The molecule has 190 valence electrons. The highest BCUT2D eigenvalue weighted by molar-refractivity contribution is 6.15. The van der Waals surface area contributed by atoms with Gasteiger partial charge < -0.3 is 9.47 Å². The van der Waals surface area contributed by atoms with Gasteiger partial charge in [-0.25, -0.2) is 9.59 Å². The van der Waals surface area contributed by atoms with E-state index in [0.29, 0.717) is 24.0 Å². The second-order valence-electron chi connectivity index (χ2n) is 8.46. The van der Waals surface area contributed by atoms with Crippen LogP contribution in [-0.4, -0.2) is 36.7 Å². The van der Waals surface area contributed by atoms with Crippen LogP contribution in [0.5, 0.6) is 0 Å². The van der Waals surface area contributed by atoms with E-state index in [-0.39, 0.29) is 47.0 Å². The minimum absolute atomic E-state index is 0.104. The number of rotatable bonds is 11. The summed E-state index contributed by atoms with van der Waals surface area (Å²) in [6.07, 6.45) is 0.914. The maximum atomic E-state index is 12.8. The molecule has 6 heteroatoms. The van der Waals surface area contributed by atoms with Crippen molar-refractivity contribution in [1.29, 1.82) is 0 Å². The molecule has 38 heavy (non-hydrogen) atoms. The van der Waals surface area contributed by atoms with Gasteiger partial charge in [-0.1, -0.05) is 97.1 Å². The lowest BCUT2D eigenvalue weighted by molar-refractivity contribution is 0.0431. The van der Waals surface area contributed by atoms with Crippen LogP contribution in [-0.2, 0) is 9.47 Å². The van der Waals surface area contributed by atoms with Gasteiger partial charge in [-0.2, -0.15) is 0 Å². The molecular weight excluding hydrogens is 480 g/mol. The summed E-state index contributed by atoms with van der Waals surface area (Å²) in [5.41, 5.74) is 1.94. The van der Waals surface area contributed by atoms with Crippen LogP contribution in [0.2, 0.25) is 0 Å². The molecule has 0 spiro atoms. The first-order valence-electron chi connectivity index (χ1n) is 12.3. The van der Waals surface area contributed by atoms with Gasteiger partial charge in [-0.3, -0.25) is 9.59 Å². The first kappa shape index (κ1) is 26.2. The van der Waals surface area contributed by atoms with E-state index in [4.69, 9.17) is 9.47 Å². The molecule has 0 saturated carbocycles. The van der Waals surface area contributed by atoms with Crippen LogP contribution >= 0.6 is 0 Å². The maximum Gasteiger partial charge on any atom is 0.338 e. The Labute approximate surface area is 220 Å². The molecule has 0 unspecified atom stereocenters. The van der Waals surface area contributed by atoms with Gasteiger partial charge in [-0.15, -0.1) is 0 Å². The fraction of sp³-hybridized carbons (Fsp3) is 0.125. The number of hydrogen-bond acceptors (Lipinski definition) is 6. The summed E-state index contributed by atoms with van der Waals surface area (Å²) in [4.78, 5) is 51.0. The second-order valence-corrected chi connectivity index (χ2v) is 8.46. The summed E-state index contributed by atoms with van der Waals surface area (Å²) < 4.78 is 10.7. The van der Waals surface area contributed by atoms with Crippen molar-refractivity contribution in [2.75, 3.05) is 13.2 Å². The molecule has 4 aromatic carbocycles. The van der Waals surface area contributed by atoms with Gasteiger partial charge in [0.1, 0.15) is 0 Å². The SMILES string of the molecule is O=C(OCCCCOC(=O)c1ccccc1C(=O)c1ccccc1)c1ccccc1C(=O)c1ccccc1. The Morgan fingerprint density at radius 2 is 0.737 bits per heavy atom. The number of benzene rings is 4. The Kier molecular flexibility index (Phi) is 8.92. The Morgan fingerprint density at radius 1 is 0.421 bits per heavy atom. The Bertz CT molecular complexity index is 1320. The number of hydrogen-bond donors (Lipinski definition) is 0. The third-order valence-electron chi connectivity index (χ3n) is 5.86. The van der Waals surface area contributed by atoms with Crippen LogP contribution < -0.4 is 0 Å². The van der Waals surface area contributed by atoms with Crippen molar-refractivity contribution in [3.63, 3.8) is 0 Å². The molecular formula is C32H26O6. The van der Waals surface area contributed by atoms with E-state index in [1.54, 1.807) is 97.1 Å². The molecule has 4 aromatic rings. The van der Waals surface area contributed by atoms with Crippen molar-refractivity contribution in [3.05, 3.63) is 143 Å². The van der Waals surface area contributed by atoms with Crippen LogP contribution in [0.15, 0.2) is 109 Å². The lowest BCUT2D eigenvalue weighted by Crippen LogP contribution is -2.14. The van der Waals surface area contributed by atoms with Gasteiger partial charge in [0, 0.05) is 22.3 Å². The number of carbonyl (C=O) groups excluding carboxylic acids is 4. The minimum Gasteiger partial charge on any atom is -0.462 e. The fourth-order valence-corrected chi connectivity index (χ4v) is 3.90. The third kappa shape index (κ3) is 6.48. The fourth-order valence-electron chi connectivity index (χ4n) is 3.90. The summed E-state index contributed by atoms with van der Waals surface area (Å²) in [5, 5.41) is 0. The Balaban J connectivity index is 1.27. The van der Waals surface area contributed by atoms with E-state index in [0.717, 1.165) is 0 Å². The zero-order valence-electron chi connectivity index (χ0n) is 20.7. The lowest BCUT2D eigenvalue weighted by atomic mass is 9.98. The molecule has 6 nitrogen and oxygen atoms in total. The predicted octanol–water partition coefficient (Wildman–Crippen LogP) is 5.94. The Hall–Kier alpha value is -4.84. The third-order valence-corrected chi connectivity index (χ3v) is 5.86. The zero-order valence-corrected chi connectivity index (χ0v) is 20.7. The number of ether oxygens (including phenoxy) is 2. The van der Waals surface area contributed by atoms with Crippen LogP contribution in [0, 0.1) is 0 Å². The van der Waals surface area contributed by atoms with E-state index in [1.165, 1.54) is 0 Å². The van der Waals surface area contributed by atoms with Crippen LogP contribution in [0.25, 0.3) is 0 Å². The van der Waals surface area contributed by atoms with Crippen LogP contribution in [0.1, 0.15) is 65.4 Å². The topological polar surface area (TPSA) is 86.7 Å². The van der Waals surface area contributed by atoms with Crippen molar-refractivity contribution in [2.45, 2.75) is 12.8 Å². The molecule has 0 amide bonds. The normalized spacial score (nSPS) is 10.4. The molecule has 0 saturated heterocycles. The first-order valence-corrected chi connectivity index (χ1v) is 12.3. The van der Waals surface area contributed by atoms with Gasteiger partial charge in [0.05, 0.1) is 24.3 Å². The zero-order chi connectivity index (χ0) is 26.7. The summed E-state index contributed by atoms with van der Waals surface area (Å²) in [6.45, 7) is 0.209. The average molecular weight is 507 g/mol. The molecule has 0 bridgehead atoms. The van der Waals surface area contributed by atoms with Gasteiger partial charge >= 0.3 is 11.9 Å². The molecule has 0 aliphatic carbocycles. The van der Waals surface area contributed by atoms with Crippen molar-refractivity contribution < 1.29 is 28.7 Å². The van der Waals surface area contributed by atoms with E-state index in [1.807, 2.05) is 12.1 Å². The average Bonchev–Trinajstić information content (AvgIpc) is 2.98. The van der Waals surface area contributed by atoms with E-state index < -0.39 is 11.9 Å². The largest absolute Gasteiger partial charge is 0.462 e. The number of carbonyl (C=O) groups is 4. The Morgan fingerprint density at radius 3 is 1.11 bits per heavy atom. The van der Waals surface area contributed by atoms with E-state index in [2.05, 4.69) is 0 Å². The molecule has 0 aliphatic rings. The van der Waals surface area contributed by atoms with Gasteiger partial charge in [0.2, 0.25) is 0 Å². The van der Waals surface area contributed by atoms with Gasteiger partial charge in [0.25, 0.3) is 0 Å². The molecule has 0 heterocycles. The number of esters is 2. The van der Waals surface area contributed by atoms with Crippen molar-refractivity contribution in [1.82, 2.24) is 0 Å². The lowest BCUT2D eigenvalue weighted by Gasteiger charge is -2.10. The summed E-state index contributed by atoms with van der Waals surface area (Å²) >= 11 is 0. The quantitative estimate of drug-likeness (QED) is 0.142. The highest BCUT2D eigenvalue weighted by Crippen LogP contribution is 2.17. The smallest absolute Gasteiger partial charge is 0.338 e. The summed E-state index contributed by atoms with van der Waals surface area (Å²) in [7, 11) is 0. The van der Waals surface area contributed by atoms with E-state index >= 15 is 0 Å². The molecule has 0 aromatic heterocycles. The van der Waals surface area contributed by atoms with Crippen molar-refractivity contribution in [3.8, 4) is 0 Å². The first-order chi connectivity index (χ1) is 18.6. The van der Waals surface area contributed by atoms with Crippen LogP contribution in [0.3, 0.4) is 0 Å². The highest BCUT2D eigenvalue weighted by Gasteiger charge is 2.20. The minimum atomic E-state index is -0.588. The number of unbranched alkanes of at least 4 members (excludes halogenated alkanes) is 1.